The zero-order valence-corrected chi connectivity index (χ0v) is 16.5. The minimum atomic E-state index is -0.554. The second-order valence-corrected chi connectivity index (χ2v) is 7.14. The van der Waals surface area contributed by atoms with Gasteiger partial charge in [0.05, 0.1) is 17.3 Å². The summed E-state index contributed by atoms with van der Waals surface area (Å²) in [5.41, 5.74) is 3.87. The lowest BCUT2D eigenvalue weighted by Crippen LogP contribution is -2.28. The number of pyridine rings is 1. The molecular weight excluding hydrogens is 344 g/mol. The van der Waals surface area contributed by atoms with Gasteiger partial charge < -0.3 is 10.0 Å². The van der Waals surface area contributed by atoms with Gasteiger partial charge in [-0.25, -0.2) is 4.98 Å². The molecule has 0 amide bonds. The Morgan fingerprint density at radius 3 is 2.32 bits per heavy atom. The summed E-state index contributed by atoms with van der Waals surface area (Å²) in [6, 6.07) is 24.8. The number of likely N-dealkylation sites (N-methyl/N-ethyl adjacent to an activating group) is 1. The fraction of sp³-hybridized carbons (Fsp3) is 0.240. The van der Waals surface area contributed by atoms with Crippen molar-refractivity contribution in [1.29, 1.82) is 0 Å². The molecule has 0 saturated carbocycles. The number of aromatic nitrogens is 1. The van der Waals surface area contributed by atoms with Gasteiger partial charge in [-0.3, -0.25) is 0 Å². The fourth-order valence-corrected chi connectivity index (χ4v) is 3.89. The van der Waals surface area contributed by atoms with Gasteiger partial charge in [0, 0.05) is 17.5 Å². The molecule has 0 aliphatic carbocycles. The van der Waals surface area contributed by atoms with Gasteiger partial charge in [-0.1, -0.05) is 74.5 Å². The standard InChI is InChI=1S/C25H26N2O/c1-3-27(4-2)17-25(28)22-16-24(26-23-15-8-7-13-21(22)23)20-14-9-11-18-10-5-6-12-19(18)20/h5-16,25,28H,3-4,17H2,1-2H3. The Morgan fingerprint density at radius 1 is 0.857 bits per heavy atom. The first-order valence-corrected chi connectivity index (χ1v) is 9.99. The van der Waals surface area contributed by atoms with E-state index >= 15 is 0 Å². The summed E-state index contributed by atoms with van der Waals surface area (Å²) < 4.78 is 0. The molecule has 1 N–H and O–H groups in total. The number of benzene rings is 3. The van der Waals surface area contributed by atoms with Gasteiger partial charge in [-0.05, 0) is 41.6 Å². The number of hydrogen-bond acceptors (Lipinski definition) is 3. The normalized spacial score (nSPS) is 12.7. The van der Waals surface area contributed by atoms with E-state index in [1.165, 1.54) is 10.8 Å². The van der Waals surface area contributed by atoms with Crippen molar-refractivity contribution in [2.24, 2.45) is 0 Å². The SMILES string of the molecule is CCN(CC)CC(O)c1cc(-c2cccc3ccccc23)nc2ccccc12. The first kappa shape index (κ1) is 18.6. The van der Waals surface area contributed by atoms with Crippen LogP contribution in [0.3, 0.4) is 0 Å². The Balaban J connectivity index is 1.89. The fourth-order valence-electron chi connectivity index (χ4n) is 3.89. The maximum absolute atomic E-state index is 11.1. The van der Waals surface area contributed by atoms with E-state index in [0.717, 1.165) is 40.8 Å². The largest absolute Gasteiger partial charge is 0.387 e. The van der Waals surface area contributed by atoms with Gasteiger partial charge >= 0.3 is 0 Å². The molecule has 1 aromatic heterocycles. The highest BCUT2D eigenvalue weighted by molar-refractivity contribution is 5.97. The van der Waals surface area contributed by atoms with Crippen LogP contribution in [0.25, 0.3) is 32.9 Å². The molecule has 0 aliphatic rings. The minimum absolute atomic E-state index is 0.554. The van der Waals surface area contributed by atoms with E-state index in [9.17, 15) is 5.11 Å². The summed E-state index contributed by atoms with van der Waals surface area (Å²) in [5, 5.41) is 14.5. The molecule has 1 heterocycles. The van der Waals surface area contributed by atoms with E-state index in [4.69, 9.17) is 4.98 Å². The van der Waals surface area contributed by atoms with Gasteiger partial charge in [-0.15, -0.1) is 0 Å². The molecule has 0 fully saturated rings. The average molecular weight is 370 g/mol. The van der Waals surface area contributed by atoms with E-state index in [-0.39, 0.29) is 0 Å². The monoisotopic (exact) mass is 370 g/mol. The molecule has 28 heavy (non-hydrogen) atoms. The summed E-state index contributed by atoms with van der Waals surface area (Å²) in [6.07, 6.45) is -0.554. The summed E-state index contributed by atoms with van der Waals surface area (Å²) in [5.74, 6) is 0. The third kappa shape index (κ3) is 3.51. The van der Waals surface area contributed by atoms with E-state index < -0.39 is 6.10 Å². The average Bonchev–Trinajstić information content (AvgIpc) is 2.76. The van der Waals surface area contributed by atoms with Crippen LogP contribution in [0, 0.1) is 0 Å². The van der Waals surface area contributed by atoms with Crippen molar-refractivity contribution in [3.63, 3.8) is 0 Å². The molecule has 1 unspecified atom stereocenters. The van der Waals surface area contributed by atoms with Crippen molar-refractivity contribution < 1.29 is 5.11 Å². The highest BCUT2D eigenvalue weighted by Gasteiger charge is 2.17. The number of hydrogen-bond donors (Lipinski definition) is 1. The Hall–Kier alpha value is -2.75. The van der Waals surface area contributed by atoms with Crippen LogP contribution in [0.5, 0.6) is 0 Å². The van der Waals surface area contributed by atoms with Crippen molar-refractivity contribution in [3.05, 3.63) is 78.4 Å². The molecule has 3 nitrogen and oxygen atoms in total. The first-order valence-electron chi connectivity index (χ1n) is 9.99. The van der Waals surface area contributed by atoms with Gasteiger partial charge in [-0.2, -0.15) is 0 Å². The van der Waals surface area contributed by atoms with Crippen LogP contribution in [0.2, 0.25) is 0 Å². The molecule has 0 bridgehead atoms. The lowest BCUT2D eigenvalue weighted by molar-refractivity contribution is 0.120. The van der Waals surface area contributed by atoms with Crippen LogP contribution in [-0.4, -0.2) is 34.6 Å². The molecule has 0 saturated heterocycles. The molecule has 3 heteroatoms. The molecule has 0 radical (unpaired) electrons. The number of para-hydroxylation sites is 1. The smallest absolute Gasteiger partial charge is 0.0924 e. The van der Waals surface area contributed by atoms with Gasteiger partial charge in [0.1, 0.15) is 0 Å². The van der Waals surface area contributed by atoms with Gasteiger partial charge in [0.25, 0.3) is 0 Å². The highest BCUT2D eigenvalue weighted by Crippen LogP contribution is 2.32. The zero-order valence-electron chi connectivity index (χ0n) is 16.5. The zero-order chi connectivity index (χ0) is 19.5. The van der Waals surface area contributed by atoms with Gasteiger partial charge in [0.15, 0.2) is 0 Å². The quantitative estimate of drug-likeness (QED) is 0.492. The third-order valence-electron chi connectivity index (χ3n) is 5.50. The van der Waals surface area contributed by atoms with Crippen LogP contribution in [0.4, 0.5) is 0 Å². The second-order valence-electron chi connectivity index (χ2n) is 7.14. The lowest BCUT2D eigenvalue weighted by atomic mass is 9.97. The topological polar surface area (TPSA) is 36.4 Å². The summed E-state index contributed by atoms with van der Waals surface area (Å²) in [7, 11) is 0. The molecule has 3 aromatic carbocycles. The Morgan fingerprint density at radius 2 is 1.54 bits per heavy atom. The summed E-state index contributed by atoms with van der Waals surface area (Å²) >= 11 is 0. The molecule has 0 spiro atoms. The van der Waals surface area contributed by atoms with E-state index in [2.05, 4.69) is 73.3 Å². The van der Waals surface area contributed by atoms with Crippen LogP contribution in [0.15, 0.2) is 72.8 Å². The van der Waals surface area contributed by atoms with E-state index in [1.54, 1.807) is 0 Å². The van der Waals surface area contributed by atoms with Crippen LogP contribution in [-0.2, 0) is 0 Å². The first-order chi connectivity index (χ1) is 13.7. The molecule has 4 aromatic rings. The molecular formula is C25H26N2O. The molecule has 0 aliphatic heterocycles. The maximum atomic E-state index is 11.1. The van der Waals surface area contributed by atoms with E-state index in [0.29, 0.717) is 6.54 Å². The minimum Gasteiger partial charge on any atom is -0.387 e. The maximum Gasteiger partial charge on any atom is 0.0924 e. The number of nitrogens with zero attached hydrogens (tertiary/aromatic N) is 2. The van der Waals surface area contributed by atoms with Crippen LogP contribution < -0.4 is 0 Å². The lowest BCUT2D eigenvalue weighted by Gasteiger charge is -2.23. The molecule has 1 atom stereocenters. The van der Waals surface area contributed by atoms with Crippen LogP contribution >= 0.6 is 0 Å². The molecule has 142 valence electrons. The van der Waals surface area contributed by atoms with Gasteiger partial charge in [0.2, 0.25) is 0 Å². The summed E-state index contributed by atoms with van der Waals surface area (Å²) in [6.45, 7) is 6.72. The Kier molecular flexibility index (Phi) is 5.38. The predicted molar refractivity (Wildman–Crippen MR) is 117 cm³/mol. The number of aliphatic hydroxyl groups is 1. The third-order valence-corrected chi connectivity index (χ3v) is 5.50. The molecule has 4 rings (SSSR count). The van der Waals surface area contributed by atoms with Crippen molar-refractivity contribution in [3.8, 4) is 11.3 Å². The second kappa shape index (κ2) is 8.09. The number of fused-ring (bicyclic) bond motifs is 2. The number of aliphatic hydroxyl groups excluding tert-OH is 1. The highest BCUT2D eigenvalue weighted by atomic mass is 16.3. The van der Waals surface area contributed by atoms with Crippen molar-refractivity contribution in [2.45, 2.75) is 20.0 Å². The number of rotatable bonds is 6. The Bertz CT molecular complexity index is 1100. The van der Waals surface area contributed by atoms with Crippen molar-refractivity contribution in [1.82, 2.24) is 9.88 Å². The predicted octanol–water partition coefficient (Wildman–Crippen LogP) is 5.43. The van der Waals surface area contributed by atoms with Crippen molar-refractivity contribution >= 4 is 21.7 Å². The van der Waals surface area contributed by atoms with E-state index in [1.807, 2.05) is 18.2 Å². The Labute approximate surface area is 166 Å². The van der Waals surface area contributed by atoms with Crippen molar-refractivity contribution in [2.75, 3.05) is 19.6 Å². The summed E-state index contributed by atoms with van der Waals surface area (Å²) in [4.78, 5) is 7.18. The van der Waals surface area contributed by atoms with Crippen LogP contribution in [0.1, 0.15) is 25.5 Å².